The maximum atomic E-state index is 12.4. The summed E-state index contributed by atoms with van der Waals surface area (Å²) in [5.74, 6) is 0.681. The SMILES string of the molecule is O=C(NCc1ccccc1)c1cccc(NC2=NC=NC3C=CNC23)c1. The average molecular weight is 345 g/mol. The number of anilines is 1. The van der Waals surface area contributed by atoms with Gasteiger partial charge in [0.15, 0.2) is 0 Å². The number of amidine groups is 1. The molecule has 0 saturated carbocycles. The van der Waals surface area contributed by atoms with Gasteiger partial charge in [-0.3, -0.25) is 9.79 Å². The zero-order chi connectivity index (χ0) is 17.8. The third-order valence-corrected chi connectivity index (χ3v) is 4.33. The largest absolute Gasteiger partial charge is 0.379 e. The third kappa shape index (κ3) is 3.49. The number of amides is 1. The number of nitrogens with one attached hydrogen (secondary N) is 3. The molecule has 2 unspecified atom stereocenters. The van der Waals surface area contributed by atoms with Gasteiger partial charge in [-0.1, -0.05) is 36.4 Å². The lowest BCUT2D eigenvalue weighted by Crippen LogP contribution is -2.43. The van der Waals surface area contributed by atoms with E-state index >= 15 is 0 Å². The van der Waals surface area contributed by atoms with E-state index in [9.17, 15) is 4.79 Å². The van der Waals surface area contributed by atoms with E-state index in [1.807, 2.05) is 60.8 Å². The number of aliphatic imine (C=N–C) groups is 2. The molecule has 2 aromatic carbocycles. The zero-order valence-corrected chi connectivity index (χ0v) is 14.1. The highest BCUT2D eigenvalue weighted by Crippen LogP contribution is 2.17. The Morgan fingerprint density at radius 2 is 2.00 bits per heavy atom. The molecule has 130 valence electrons. The summed E-state index contributed by atoms with van der Waals surface area (Å²) in [4.78, 5) is 21.1. The summed E-state index contributed by atoms with van der Waals surface area (Å²) >= 11 is 0. The van der Waals surface area contributed by atoms with Crippen LogP contribution in [-0.4, -0.2) is 30.2 Å². The van der Waals surface area contributed by atoms with E-state index in [0.717, 1.165) is 17.1 Å². The van der Waals surface area contributed by atoms with E-state index in [1.165, 1.54) is 0 Å². The minimum Gasteiger partial charge on any atom is -0.379 e. The number of benzene rings is 2. The van der Waals surface area contributed by atoms with Crippen molar-refractivity contribution < 1.29 is 4.79 Å². The number of hydrogen-bond donors (Lipinski definition) is 3. The standard InChI is InChI=1S/C20H19N5O/c26-20(22-12-14-5-2-1-3-6-14)15-7-4-8-16(11-15)25-19-18-17(9-10-21-18)23-13-24-19/h1-11,13,17-18,21H,12H2,(H,22,26)(H,23,24,25). The van der Waals surface area contributed by atoms with Crippen molar-refractivity contribution in [2.75, 3.05) is 5.32 Å². The Morgan fingerprint density at radius 1 is 1.12 bits per heavy atom. The topological polar surface area (TPSA) is 77.9 Å². The lowest BCUT2D eigenvalue weighted by atomic mass is 10.1. The Balaban J connectivity index is 1.42. The molecule has 0 saturated heterocycles. The minimum absolute atomic E-state index is 0.00978. The predicted molar refractivity (Wildman–Crippen MR) is 103 cm³/mol. The first kappa shape index (κ1) is 16.1. The van der Waals surface area contributed by atoms with Crippen molar-refractivity contribution in [2.24, 2.45) is 9.98 Å². The van der Waals surface area contributed by atoms with Crippen LogP contribution < -0.4 is 16.0 Å². The molecule has 6 heteroatoms. The van der Waals surface area contributed by atoms with E-state index in [4.69, 9.17) is 0 Å². The minimum atomic E-state index is -0.108. The van der Waals surface area contributed by atoms with E-state index in [2.05, 4.69) is 25.9 Å². The van der Waals surface area contributed by atoms with E-state index in [-0.39, 0.29) is 18.0 Å². The Bertz CT molecular complexity index is 888. The highest BCUT2D eigenvalue weighted by atomic mass is 16.1. The van der Waals surface area contributed by atoms with Crippen molar-refractivity contribution in [3.63, 3.8) is 0 Å². The molecule has 2 aromatic rings. The molecule has 2 aliphatic heterocycles. The fourth-order valence-corrected chi connectivity index (χ4v) is 2.97. The maximum absolute atomic E-state index is 12.4. The Labute approximate surface area is 151 Å². The second-order valence-electron chi connectivity index (χ2n) is 6.15. The van der Waals surface area contributed by atoms with Gasteiger partial charge in [0.1, 0.15) is 18.2 Å². The summed E-state index contributed by atoms with van der Waals surface area (Å²) in [7, 11) is 0. The van der Waals surface area contributed by atoms with Crippen LogP contribution in [0.15, 0.2) is 76.9 Å². The van der Waals surface area contributed by atoms with Crippen LogP contribution in [0.2, 0.25) is 0 Å². The van der Waals surface area contributed by atoms with Gasteiger partial charge in [0.2, 0.25) is 0 Å². The summed E-state index contributed by atoms with van der Waals surface area (Å²) in [6, 6.07) is 17.3. The second kappa shape index (κ2) is 7.23. The summed E-state index contributed by atoms with van der Waals surface area (Å²) < 4.78 is 0. The van der Waals surface area contributed by atoms with E-state index in [0.29, 0.717) is 12.1 Å². The number of fused-ring (bicyclic) bond motifs is 1. The third-order valence-electron chi connectivity index (χ3n) is 4.33. The molecule has 0 aromatic heterocycles. The molecule has 3 N–H and O–H groups in total. The Kier molecular flexibility index (Phi) is 4.47. The monoisotopic (exact) mass is 345 g/mol. The quantitative estimate of drug-likeness (QED) is 0.796. The lowest BCUT2D eigenvalue weighted by molar-refractivity contribution is 0.0951. The molecule has 0 aliphatic carbocycles. The average Bonchev–Trinajstić information content (AvgIpc) is 3.17. The molecule has 0 bridgehead atoms. The first-order valence-corrected chi connectivity index (χ1v) is 8.51. The van der Waals surface area contributed by atoms with E-state index in [1.54, 1.807) is 12.4 Å². The van der Waals surface area contributed by atoms with Gasteiger partial charge in [0.25, 0.3) is 5.91 Å². The van der Waals surface area contributed by atoms with Gasteiger partial charge in [-0.05, 0) is 36.0 Å². The van der Waals surface area contributed by atoms with Gasteiger partial charge in [-0.2, -0.15) is 0 Å². The van der Waals surface area contributed by atoms with Crippen LogP contribution in [-0.2, 0) is 6.54 Å². The number of nitrogens with zero attached hydrogens (tertiary/aromatic N) is 2. The van der Waals surface area contributed by atoms with Crippen molar-refractivity contribution in [3.05, 3.63) is 78.0 Å². The van der Waals surface area contributed by atoms with Crippen LogP contribution in [0.3, 0.4) is 0 Å². The zero-order valence-electron chi connectivity index (χ0n) is 14.1. The van der Waals surface area contributed by atoms with Gasteiger partial charge in [-0.25, -0.2) is 4.99 Å². The highest BCUT2D eigenvalue weighted by molar-refractivity contribution is 6.06. The van der Waals surface area contributed by atoms with Gasteiger partial charge >= 0.3 is 0 Å². The van der Waals surface area contributed by atoms with Crippen LogP contribution in [0.5, 0.6) is 0 Å². The number of carbonyl (C=O) groups excluding carboxylic acids is 1. The van der Waals surface area contributed by atoms with Crippen LogP contribution >= 0.6 is 0 Å². The van der Waals surface area contributed by atoms with Gasteiger partial charge in [0, 0.05) is 17.8 Å². The Morgan fingerprint density at radius 3 is 2.88 bits per heavy atom. The Hall–Kier alpha value is -3.41. The maximum Gasteiger partial charge on any atom is 0.251 e. The summed E-state index contributed by atoms with van der Waals surface area (Å²) in [5, 5.41) is 9.48. The molecule has 2 aliphatic rings. The first-order chi connectivity index (χ1) is 12.8. The lowest BCUT2D eigenvalue weighted by Gasteiger charge is -2.22. The molecular weight excluding hydrogens is 326 g/mol. The number of hydrogen-bond acceptors (Lipinski definition) is 5. The van der Waals surface area contributed by atoms with Crippen LogP contribution in [0.25, 0.3) is 0 Å². The normalized spacial score (nSPS) is 20.1. The molecule has 2 atom stereocenters. The van der Waals surface area contributed by atoms with Crippen molar-refractivity contribution in [1.82, 2.24) is 10.6 Å². The van der Waals surface area contributed by atoms with Crippen molar-refractivity contribution in [3.8, 4) is 0 Å². The first-order valence-electron chi connectivity index (χ1n) is 8.51. The molecular formula is C20H19N5O. The van der Waals surface area contributed by atoms with Crippen LogP contribution in [0, 0.1) is 0 Å². The number of carbonyl (C=O) groups is 1. The van der Waals surface area contributed by atoms with Crippen LogP contribution in [0.1, 0.15) is 15.9 Å². The summed E-state index contributed by atoms with van der Waals surface area (Å²) in [6.45, 7) is 0.500. The molecule has 26 heavy (non-hydrogen) atoms. The van der Waals surface area contributed by atoms with E-state index < -0.39 is 0 Å². The molecule has 0 spiro atoms. The molecule has 0 radical (unpaired) electrons. The molecule has 0 fully saturated rings. The molecule has 2 heterocycles. The highest BCUT2D eigenvalue weighted by Gasteiger charge is 2.28. The number of rotatable bonds is 4. The second-order valence-corrected chi connectivity index (χ2v) is 6.15. The van der Waals surface area contributed by atoms with Crippen molar-refractivity contribution >= 4 is 23.8 Å². The van der Waals surface area contributed by atoms with Gasteiger partial charge in [0.05, 0.1) is 6.04 Å². The summed E-state index contributed by atoms with van der Waals surface area (Å²) in [5.41, 5.74) is 2.49. The van der Waals surface area contributed by atoms with Crippen LogP contribution in [0.4, 0.5) is 5.69 Å². The van der Waals surface area contributed by atoms with Crippen molar-refractivity contribution in [1.29, 1.82) is 0 Å². The fourth-order valence-electron chi connectivity index (χ4n) is 2.97. The predicted octanol–water partition coefficient (Wildman–Crippen LogP) is 2.32. The van der Waals surface area contributed by atoms with Gasteiger partial charge < -0.3 is 16.0 Å². The van der Waals surface area contributed by atoms with Crippen molar-refractivity contribution in [2.45, 2.75) is 18.6 Å². The van der Waals surface area contributed by atoms with Gasteiger partial charge in [-0.15, -0.1) is 0 Å². The smallest absolute Gasteiger partial charge is 0.251 e. The molecule has 6 nitrogen and oxygen atoms in total. The molecule has 1 amide bonds. The fraction of sp³-hybridized carbons (Fsp3) is 0.150. The summed E-state index contributed by atoms with van der Waals surface area (Å²) in [6.07, 6.45) is 5.46. The molecule has 4 rings (SSSR count).